The summed E-state index contributed by atoms with van der Waals surface area (Å²) in [5.74, 6) is 0.0684. The number of halogens is 1. The first-order valence-corrected chi connectivity index (χ1v) is 21.6. The van der Waals surface area contributed by atoms with Crippen molar-refractivity contribution in [2.75, 3.05) is 63.6 Å². The van der Waals surface area contributed by atoms with E-state index in [9.17, 15) is 18.6 Å². The zero-order chi connectivity index (χ0) is 39.5. The molecule has 1 saturated heterocycles. The lowest BCUT2D eigenvalue weighted by molar-refractivity contribution is -0.00662. The Morgan fingerprint density at radius 3 is 2.60 bits per heavy atom. The third-order valence-corrected chi connectivity index (χ3v) is 14.0. The highest BCUT2D eigenvalue weighted by Gasteiger charge is 2.43. The van der Waals surface area contributed by atoms with Gasteiger partial charge in [0.1, 0.15) is 21.8 Å². The summed E-state index contributed by atoms with van der Waals surface area (Å²) in [5.41, 5.74) is 3.20. The highest BCUT2D eigenvalue weighted by molar-refractivity contribution is 7.92. The molecule has 1 unspecified atom stereocenters. The number of fused-ring (bicyclic) bond motifs is 3. The molecule has 4 aliphatic rings. The van der Waals surface area contributed by atoms with E-state index in [0.717, 1.165) is 30.0 Å². The first kappa shape index (κ1) is 40.8. The summed E-state index contributed by atoms with van der Waals surface area (Å²) in [4.78, 5) is 45.2. The van der Waals surface area contributed by atoms with Crippen LogP contribution in [-0.4, -0.2) is 103 Å². The number of hydrogen-bond acceptors (Lipinski definition) is 8. The number of aryl methyl sites for hydroxylation is 1. The van der Waals surface area contributed by atoms with Crippen LogP contribution in [0, 0.1) is 17.8 Å². The van der Waals surface area contributed by atoms with Gasteiger partial charge in [0.05, 0.1) is 37.2 Å². The molecule has 1 fully saturated rings. The number of carbonyl (C=O) groups excluding carboxylic acids is 3. The molecule has 2 aromatic carbocycles. The molecule has 300 valence electrons. The predicted octanol–water partition coefficient (Wildman–Crippen LogP) is 7.09. The van der Waals surface area contributed by atoms with Gasteiger partial charge in [-0.15, -0.1) is 4.36 Å². The number of benzene rings is 2. The topological polar surface area (TPSA) is 130 Å². The van der Waals surface area contributed by atoms with Crippen LogP contribution in [0.15, 0.2) is 52.9 Å². The fraction of sp³-hybridized carbons (Fsp3) is 0.585. The van der Waals surface area contributed by atoms with Crippen LogP contribution < -0.4 is 14.4 Å². The largest absolute Gasteiger partial charge is 0.490 e. The molecule has 1 spiro atoms. The highest BCUT2D eigenvalue weighted by Crippen LogP contribution is 2.45. The first-order valence-electron chi connectivity index (χ1n) is 19.6. The number of hydrogen-bond donors (Lipinski definition) is 1. The van der Waals surface area contributed by atoms with Gasteiger partial charge in [-0.3, -0.25) is 9.52 Å². The van der Waals surface area contributed by atoms with Crippen molar-refractivity contribution in [3.05, 3.63) is 70.3 Å². The zero-order valence-corrected chi connectivity index (χ0v) is 34.5. The molecule has 1 N–H and O–H groups in total. The standard InChI is InChI=1S/C41H56ClN5O7S/c1-7-45(8-2)40(50)54-33-22-46(23-33)39(49)44-55(51)24-27(3)11-9-13-36(52-6)29(5)28(4)21-47-25-41(18-10-12-30-19-32(42)15-16-34(30)41)26-53-37-17-14-31(20-35(37)47)38(48)43-55/h9,13-17,19-20,27-29,33,36H,7-8,10-12,18,21-26H2,1-6H3,(H,43,44,48,49,51)/b13-9+/t27-,28-,29+,36-,41-,55?/m0/s1. The Bertz CT molecular complexity index is 1910. The molecule has 12 nitrogen and oxygen atoms in total. The average molecular weight is 798 g/mol. The van der Waals surface area contributed by atoms with Crippen LogP contribution in [0.3, 0.4) is 0 Å². The van der Waals surface area contributed by atoms with E-state index >= 15 is 0 Å². The highest BCUT2D eigenvalue weighted by atomic mass is 35.5. The van der Waals surface area contributed by atoms with Crippen LogP contribution in [0.5, 0.6) is 5.75 Å². The lowest BCUT2D eigenvalue weighted by atomic mass is 9.70. The van der Waals surface area contributed by atoms with Crippen molar-refractivity contribution in [3.63, 3.8) is 0 Å². The number of anilines is 1. The van der Waals surface area contributed by atoms with Gasteiger partial charge < -0.3 is 28.9 Å². The van der Waals surface area contributed by atoms with Gasteiger partial charge in [0.2, 0.25) is 0 Å². The van der Waals surface area contributed by atoms with Crippen molar-refractivity contribution in [1.82, 2.24) is 14.5 Å². The van der Waals surface area contributed by atoms with Crippen molar-refractivity contribution in [2.45, 2.75) is 77.9 Å². The number of allylic oxidation sites excluding steroid dienone is 1. The molecule has 55 heavy (non-hydrogen) atoms. The Hall–Kier alpha value is -3.81. The van der Waals surface area contributed by atoms with Gasteiger partial charge in [0.15, 0.2) is 0 Å². The third-order valence-electron chi connectivity index (χ3n) is 11.8. The number of amides is 4. The zero-order valence-electron chi connectivity index (χ0n) is 32.9. The Morgan fingerprint density at radius 2 is 1.87 bits per heavy atom. The molecule has 3 aliphatic heterocycles. The third kappa shape index (κ3) is 9.10. The number of nitrogens with one attached hydrogen (secondary N) is 1. The molecule has 0 radical (unpaired) electrons. The number of rotatable bonds is 5. The molecule has 2 bridgehead atoms. The Morgan fingerprint density at radius 1 is 1.11 bits per heavy atom. The number of ether oxygens (including phenoxy) is 3. The van der Waals surface area contributed by atoms with E-state index < -0.39 is 34.1 Å². The summed E-state index contributed by atoms with van der Waals surface area (Å²) >= 11 is 6.46. The molecule has 14 heteroatoms. The molecule has 3 heterocycles. The fourth-order valence-corrected chi connectivity index (χ4v) is 10.4. The summed E-state index contributed by atoms with van der Waals surface area (Å²) < 4.78 is 39.7. The van der Waals surface area contributed by atoms with E-state index in [4.69, 9.17) is 25.8 Å². The average Bonchev–Trinajstić information content (AvgIpc) is 3.27. The summed E-state index contributed by atoms with van der Waals surface area (Å²) in [5, 5.41) is 0.722. The minimum Gasteiger partial charge on any atom is -0.490 e. The van der Waals surface area contributed by atoms with Gasteiger partial charge in [-0.2, -0.15) is 0 Å². The number of methoxy groups -OCH3 is 1. The molecule has 2 aromatic rings. The minimum absolute atomic E-state index is 0.0429. The lowest BCUT2D eigenvalue weighted by Gasteiger charge is -2.42. The molecule has 0 saturated carbocycles. The molecule has 0 aromatic heterocycles. The van der Waals surface area contributed by atoms with Crippen LogP contribution in [0.1, 0.15) is 75.4 Å². The molecular formula is C41H56ClN5O7S. The lowest BCUT2D eigenvalue weighted by Crippen LogP contribution is -2.59. The number of carbonyl (C=O) groups is 3. The van der Waals surface area contributed by atoms with Gasteiger partial charge in [-0.25, -0.2) is 13.8 Å². The van der Waals surface area contributed by atoms with E-state index in [1.54, 1.807) is 30.2 Å². The second-order valence-electron chi connectivity index (χ2n) is 15.8. The summed E-state index contributed by atoms with van der Waals surface area (Å²) in [6, 6.07) is 10.8. The van der Waals surface area contributed by atoms with Crippen LogP contribution in [0.2, 0.25) is 5.02 Å². The van der Waals surface area contributed by atoms with Crippen molar-refractivity contribution in [1.29, 1.82) is 0 Å². The van der Waals surface area contributed by atoms with E-state index in [1.165, 1.54) is 16.0 Å². The van der Waals surface area contributed by atoms with Gasteiger partial charge in [0.25, 0.3) is 5.91 Å². The Kier molecular flexibility index (Phi) is 12.7. The quantitative estimate of drug-likeness (QED) is 0.318. The smallest absolute Gasteiger partial charge is 0.410 e. The van der Waals surface area contributed by atoms with E-state index in [1.807, 2.05) is 32.9 Å². The second kappa shape index (κ2) is 17.1. The molecule has 6 rings (SSSR count). The molecule has 6 atom stereocenters. The summed E-state index contributed by atoms with van der Waals surface area (Å²) in [6.07, 6.45) is 6.46. The van der Waals surface area contributed by atoms with Gasteiger partial charge in [0, 0.05) is 49.3 Å². The maximum absolute atomic E-state index is 14.6. The number of likely N-dealkylation sites (tertiary alicyclic amines) is 1. The first-order chi connectivity index (χ1) is 26.3. The Labute approximate surface area is 331 Å². The summed E-state index contributed by atoms with van der Waals surface area (Å²) in [6.45, 7) is 13.2. The summed E-state index contributed by atoms with van der Waals surface area (Å²) in [7, 11) is -1.87. The second-order valence-corrected chi connectivity index (χ2v) is 18.2. The van der Waals surface area contributed by atoms with Crippen LogP contribution >= 0.6 is 11.6 Å². The normalized spacial score (nSPS) is 29.2. The van der Waals surface area contributed by atoms with Gasteiger partial charge in [-0.1, -0.05) is 50.6 Å². The van der Waals surface area contributed by atoms with E-state index in [0.29, 0.717) is 45.0 Å². The van der Waals surface area contributed by atoms with E-state index in [-0.39, 0.29) is 53.7 Å². The van der Waals surface area contributed by atoms with Crippen LogP contribution in [0.4, 0.5) is 15.3 Å². The van der Waals surface area contributed by atoms with E-state index in [2.05, 4.69) is 46.0 Å². The monoisotopic (exact) mass is 797 g/mol. The number of urea groups is 1. The molecule has 1 aliphatic carbocycles. The van der Waals surface area contributed by atoms with Crippen LogP contribution in [0.25, 0.3) is 0 Å². The number of nitrogens with zero attached hydrogens (tertiary/aromatic N) is 4. The molecular weight excluding hydrogens is 742 g/mol. The predicted molar refractivity (Wildman–Crippen MR) is 215 cm³/mol. The Balaban J connectivity index is 1.33. The maximum Gasteiger partial charge on any atom is 0.410 e. The van der Waals surface area contributed by atoms with Crippen molar-refractivity contribution in [3.8, 4) is 5.75 Å². The van der Waals surface area contributed by atoms with Crippen LogP contribution in [-0.2, 0) is 31.2 Å². The van der Waals surface area contributed by atoms with Crippen molar-refractivity contribution in [2.24, 2.45) is 22.1 Å². The molecule has 4 amide bonds. The maximum atomic E-state index is 14.6. The van der Waals surface area contributed by atoms with Crippen molar-refractivity contribution < 1.29 is 32.8 Å². The fourth-order valence-electron chi connectivity index (χ4n) is 8.32. The van der Waals surface area contributed by atoms with Crippen molar-refractivity contribution >= 4 is 45.2 Å². The van der Waals surface area contributed by atoms with Gasteiger partial charge in [-0.05, 0) is 98.7 Å². The SMILES string of the molecule is CCN(CC)C(=O)OC1CN(C(=O)NS2(=O)=NC(=O)c3ccc4c(c3)N(C[C@H](C)[C@@H](C)[C@@H](OC)/C=C/C[C@H](C)C2)C[C@@]2(CCCc3cc(Cl)ccc32)CO4)C1. The van der Waals surface area contributed by atoms with Gasteiger partial charge >= 0.3 is 12.1 Å². The minimum atomic E-state index is -3.59.